The monoisotopic (exact) mass is 555 g/mol. The van der Waals surface area contributed by atoms with Crippen molar-refractivity contribution in [3.63, 3.8) is 0 Å². The number of likely N-dealkylation sites (N-methyl/N-ethyl adjacent to an activating group) is 1. The third-order valence-electron chi connectivity index (χ3n) is 9.53. The van der Waals surface area contributed by atoms with Gasteiger partial charge < -0.3 is 19.4 Å². The van der Waals surface area contributed by atoms with Gasteiger partial charge in [-0.1, -0.05) is 30.8 Å². The average Bonchev–Trinajstić information content (AvgIpc) is 3.43. The van der Waals surface area contributed by atoms with Crippen LogP contribution in [0.15, 0.2) is 36.9 Å². The molecule has 216 valence electrons. The van der Waals surface area contributed by atoms with Crippen LogP contribution < -0.4 is 9.64 Å². The summed E-state index contributed by atoms with van der Waals surface area (Å²) in [5, 5.41) is 9.51. The minimum absolute atomic E-state index is 0.120. The fraction of sp³-hybridized carbons (Fsp3) is 0.562. The molecule has 1 aromatic carbocycles. The van der Waals surface area contributed by atoms with Crippen LogP contribution in [0.4, 0.5) is 5.82 Å². The van der Waals surface area contributed by atoms with Crippen molar-refractivity contribution in [2.75, 3.05) is 51.3 Å². The smallest absolute Gasteiger partial charge is 0.318 e. The number of rotatable bonds is 7. The number of amides is 1. The van der Waals surface area contributed by atoms with Crippen molar-refractivity contribution in [3.05, 3.63) is 59.3 Å². The first kappa shape index (κ1) is 27.7. The van der Waals surface area contributed by atoms with Crippen molar-refractivity contribution in [2.45, 2.75) is 69.6 Å². The second kappa shape index (κ2) is 12.2. The summed E-state index contributed by atoms with van der Waals surface area (Å²) in [6.07, 6.45) is 7.88. The molecule has 9 nitrogen and oxygen atoms in total. The average molecular weight is 556 g/mol. The SMILES string of the molecule is C=CC(=O)N1CCN(c2nc(OC[C@@H]3CCCN3C)nc3c2CCC(N2CCc4ccccc4C2)C3)C[C@@H]1CC#N. The topological polar surface area (TPSA) is 88.8 Å². The van der Waals surface area contributed by atoms with Crippen LogP contribution in [0.2, 0.25) is 0 Å². The van der Waals surface area contributed by atoms with Gasteiger partial charge in [-0.25, -0.2) is 0 Å². The lowest BCUT2D eigenvalue weighted by Crippen LogP contribution is -2.55. The zero-order chi connectivity index (χ0) is 28.3. The molecule has 9 heteroatoms. The number of carbonyl (C=O) groups excluding carboxylic acids is 1. The van der Waals surface area contributed by atoms with E-state index in [2.05, 4.69) is 58.7 Å². The Morgan fingerprint density at radius 3 is 2.76 bits per heavy atom. The van der Waals surface area contributed by atoms with E-state index in [4.69, 9.17) is 14.7 Å². The number of carbonyl (C=O) groups is 1. The molecule has 0 saturated carbocycles. The Balaban J connectivity index is 1.26. The molecule has 6 rings (SSSR count). The van der Waals surface area contributed by atoms with Gasteiger partial charge in [0.2, 0.25) is 5.91 Å². The zero-order valence-electron chi connectivity index (χ0n) is 24.2. The summed E-state index contributed by atoms with van der Waals surface area (Å²) in [4.78, 5) is 31.5. The first-order valence-electron chi connectivity index (χ1n) is 15.1. The molecular formula is C32H41N7O2. The molecule has 0 radical (unpaired) electrons. The molecule has 2 fully saturated rings. The Labute approximate surface area is 243 Å². The van der Waals surface area contributed by atoms with Gasteiger partial charge in [-0.15, -0.1) is 0 Å². The minimum Gasteiger partial charge on any atom is -0.462 e. The van der Waals surface area contributed by atoms with Crippen LogP contribution in [0, 0.1) is 11.3 Å². The molecule has 4 aliphatic rings. The third-order valence-corrected chi connectivity index (χ3v) is 9.53. The third kappa shape index (κ3) is 5.81. The van der Waals surface area contributed by atoms with Gasteiger partial charge in [-0.2, -0.15) is 15.2 Å². The van der Waals surface area contributed by atoms with Gasteiger partial charge in [-0.3, -0.25) is 9.69 Å². The molecule has 1 amide bonds. The first-order valence-corrected chi connectivity index (χ1v) is 15.1. The number of hydrogen-bond acceptors (Lipinski definition) is 8. The normalized spacial score (nSPS) is 24.8. The highest BCUT2D eigenvalue weighted by Gasteiger charge is 2.35. The number of ether oxygens (including phenoxy) is 1. The number of benzene rings is 1. The van der Waals surface area contributed by atoms with Crippen molar-refractivity contribution in [1.29, 1.82) is 5.26 Å². The number of piperazine rings is 1. The van der Waals surface area contributed by atoms with Crippen LogP contribution >= 0.6 is 0 Å². The molecule has 0 N–H and O–H groups in total. The molecule has 4 heterocycles. The van der Waals surface area contributed by atoms with E-state index >= 15 is 0 Å². The van der Waals surface area contributed by atoms with E-state index < -0.39 is 0 Å². The van der Waals surface area contributed by atoms with E-state index in [1.54, 1.807) is 4.90 Å². The zero-order valence-corrected chi connectivity index (χ0v) is 24.2. The van der Waals surface area contributed by atoms with Gasteiger partial charge >= 0.3 is 6.01 Å². The number of nitrogens with zero attached hydrogens (tertiary/aromatic N) is 7. The maximum atomic E-state index is 12.5. The summed E-state index contributed by atoms with van der Waals surface area (Å²) in [5.74, 6) is 0.797. The molecule has 0 bridgehead atoms. The fourth-order valence-corrected chi connectivity index (χ4v) is 7.12. The second-order valence-corrected chi connectivity index (χ2v) is 11.9. The lowest BCUT2D eigenvalue weighted by Gasteiger charge is -2.42. The Bertz CT molecular complexity index is 1320. The van der Waals surface area contributed by atoms with Crippen molar-refractivity contribution in [2.24, 2.45) is 0 Å². The Kier molecular flexibility index (Phi) is 8.22. The number of anilines is 1. The van der Waals surface area contributed by atoms with Crippen molar-refractivity contribution in [3.8, 4) is 12.1 Å². The minimum atomic E-state index is -0.203. The summed E-state index contributed by atoms with van der Waals surface area (Å²) >= 11 is 0. The highest BCUT2D eigenvalue weighted by molar-refractivity contribution is 5.87. The van der Waals surface area contributed by atoms with E-state index in [0.29, 0.717) is 44.3 Å². The van der Waals surface area contributed by atoms with E-state index in [1.807, 2.05) is 0 Å². The Hall–Kier alpha value is -3.48. The highest BCUT2D eigenvalue weighted by atomic mass is 16.5. The van der Waals surface area contributed by atoms with E-state index in [9.17, 15) is 10.1 Å². The fourth-order valence-electron chi connectivity index (χ4n) is 7.12. The Morgan fingerprint density at radius 2 is 1.98 bits per heavy atom. The molecule has 1 unspecified atom stereocenters. The largest absolute Gasteiger partial charge is 0.462 e. The van der Waals surface area contributed by atoms with Gasteiger partial charge in [-0.05, 0) is 62.9 Å². The lowest BCUT2D eigenvalue weighted by atomic mass is 9.88. The van der Waals surface area contributed by atoms with Gasteiger partial charge in [0.1, 0.15) is 12.4 Å². The molecule has 0 spiro atoms. The number of likely N-dealkylation sites (tertiary alicyclic amines) is 1. The van der Waals surface area contributed by atoms with Crippen molar-refractivity contribution >= 4 is 11.7 Å². The van der Waals surface area contributed by atoms with Crippen molar-refractivity contribution < 1.29 is 9.53 Å². The van der Waals surface area contributed by atoms with Crippen LogP contribution in [0.1, 0.15) is 48.1 Å². The molecule has 41 heavy (non-hydrogen) atoms. The predicted molar refractivity (Wildman–Crippen MR) is 158 cm³/mol. The van der Waals surface area contributed by atoms with Crippen molar-refractivity contribution in [1.82, 2.24) is 24.7 Å². The van der Waals surface area contributed by atoms with Gasteiger partial charge in [0, 0.05) is 56.8 Å². The highest BCUT2D eigenvalue weighted by Crippen LogP contribution is 2.34. The summed E-state index contributed by atoms with van der Waals surface area (Å²) in [6, 6.07) is 12.1. The summed E-state index contributed by atoms with van der Waals surface area (Å²) in [6.45, 7) is 9.15. The summed E-state index contributed by atoms with van der Waals surface area (Å²) in [5.41, 5.74) is 5.19. The number of nitriles is 1. The van der Waals surface area contributed by atoms with E-state index in [0.717, 1.165) is 63.3 Å². The second-order valence-electron chi connectivity index (χ2n) is 11.9. The van der Waals surface area contributed by atoms with Crippen LogP contribution in [0.25, 0.3) is 0 Å². The van der Waals surface area contributed by atoms with Crippen LogP contribution in [-0.4, -0.2) is 95.1 Å². The molecule has 2 aromatic rings. The predicted octanol–water partition coefficient (Wildman–Crippen LogP) is 2.98. The first-order chi connectivity index (χ1) is 20.0. The van der Waals surface area contributed by atoms with Gasteiger partial charge in [0.25, 0.3) is 0 Å². The maximum Gasteiger partial charge on any atom is 0.318 e. The molecule has 3 aliphatic heterocycles. The Morgan fingerprint density at radius 1 is 1.12 bits per heavy atom. The molecule has 3 atom stereocenters. The van der Waals surface area contributed by atoms with Gasteiger partial charge in [0.15, 0.2) is 0 Å². The number of fused-ring (bicyclic) bond motifs is 2. The summed E-state index contributed by atoms with van der Waals surface area (Å²) < 4.78 is 6.30. The van der Waals surface area contributed by atoms with Crippen LogP contribution in [0.3, 0.4) is 0 Å². The van der Waals surface area contributed by atoms with Crippen LogP contribution in [0.5, 0.6) is 6.01 Å². The lowest BCUT2D eigenvalue weighted by molar-refractivity contribution is -0.128. The molecular weight excluding hydrogens is 514 g/mol. The van der Waals surface area contributed by atoms with E-state index in [-0.39, 0.29) is 18.4 Å². The van der Waals surface area contributed by atoms with E-state index in [1.165, 1.54) is 29.2 Å². The standard InChI is InChI=1S/C32H41N7O2/c1-3-30(40)39-18-17-38(21-26(39)12-14-33)31-28-11-10-25(37-16-13-23-7-4-5-8-24(23)20-37)19-29(28)34-32(35-31)41-22-27-9-6-15-36(27)2/h3-5,7-8,25-27H,1,6,9-13,15-22H2,2H3/t25?,26-,27-/m0/s1. The molecule has 2 saturated heterocycles. The molecule has 1 aliphatic carbocycles. The van der Waals surface area contributed by atoms with Crippen LogP contribution in [-0.2, 0) is 30.6 Å². The quantitative estimate of drug-likeness (QED) is 0.482. The number of hydrogen-bond donors (Lipinski definition) is 0. The maximum absolute atomic E-state index is 12.5. The number of aromatic nitrogens is 2. The van der Waals surface area contributed by atoms with Gasteiger partial charge in [0.05, 0.1) is 24.2 Å². The summed E-state index contributed by atoms with van der Waals surface area (Å²) in [7, 11) is 2.15. The molecule has 1 aromatic heterocycles.